The predicted molar refractivity (Wildman–Crippen MR) is 57.4 cm³/mol. The van der Waals surface area contributed by atoms with Crippen LogP contribution in [0.15, 0.2) is 18.2 Å². The number of aryl methyl sites for hydroxylation is 1. The van der Waals surface area contributed by atoms with Gasteiger partial charge in [-0.05, 0) is 30.5 Å². The van der Waals surface area contributed by atoms with Crippen LogP contribution in [0.4, 0.5) is 8.78 Å². The molecule has 15 heavy (non-hydrogen) atoms. The molecule has 1 aliphatic rings. The third-order valence-electron chi connectivity index (χ3n) is 3.23. The number of benzene rings is 1. The fraction of sp³-hybridized carbons (Fsp3) is 0.500. The molecule has 3 atom stereocenters. The lowest BCUT2D eigenvalue weighted by molar-refractivity contribution is 0.369. The molecule has 0 saturated heterocycles. The van der Waals surface area contributed by atoms with E-state index in [1.54, 1.807) is 19.1 Å². The summed E-state index contributed by atoms with van der Waals surface area (Å²) in [6.45, 7) is 3.51. The highest BCUT2D eigenvalue weighted by atomic mass is 35.5. The minimum atomic E-state index is -0.828. The molecule has 0 bridgehead atoms. The van der Waals surface area contributed by atoms with Crippen LogP contribution < -0.4 is 0 Å². The zero-order valence-electron chi connectivity index (χ0n) is 8.73. The van der Waals surface area contributed by atoms with Gasteiger partial charge in [-0.2, -0.15) is 0 Å². The van der Waals surface area contributed by atoms with Gasteiger partial charge >= 0.3 is 0 Å². The lowest BCUT2D eigenvalue weighted by Crippen LogP contribution is -2.08. The molecule has 1 aliphatic carbocycles. The smallest absolute Gasteiger partial charge is 0.126 e. The van der Waals surface area contributed by atoms with Gasteiger partial charge in [0, 0.05) is 5.41 Å². The second kappa shape index (κ2) is 3.44. The van der Waals surface area contributed by atoms with E-state index in [0.29, 0.717) is 12.0 Å². The number of hydrogen-bond donors (Lipinski definition) is 0. The van der Waals surface area contributed by atoms with Crippen molar-refractivity contribution >= 4 is 11.6 Å². The van der Waals surface area contributed by atoms with E-state index in [4.69, 9.17) is 11.6 Å². The molecule has 0 heterocycles. The molecule has 3 unspecified atom stereocenters. The summed E-state index contributed by atoms with van der Waals surface area (Å²) in [6.07, 6.45) is -0.331. The Bertz CT molecular complexity index is 391. The Kier molecular flexibility index (Phi) is 2.50. The van der Waals surface area contributed by atoms with Gasteiger partial charge in [-0.1, -0.05) is 19.1 Å². The fourth-order valence-electron chi connectivity index (χ4n) is 1.80. The summed E-state index contributed by atoms with van der Waals surface area (Å²) < 4.78 is 26.2. The highest BCUT2D eigenvalue weighted by Crippen LogP contribution is 2.59. The number of alkyl halides is 2. The minimum absolute atomic E-state index is 0.250. The van der Waals surface area contributed by atoms with Crippen molar-refractivity contribution in [3.63, 3.8) is 0 Å². The normalized spacial score (nSPS) is 31.4. The van der Waals surface area contributed by atoms with Gasteiger partial charge in [0.2, 0.25) is 0 Å². The first-order valence-corrected chi connectivity index (χ1v) is 5.43. The van der Waals surface area contributed by atoms with E-state index in [2.05, 4.69) is 0 Å². The largest absolute Gasteiger partial charge is 0.247 e. The number of halogens is 3. The van der Waals surface area contributed by atoms with Crippen LogP contribution >= 0.6 is 11.6 Å². The topological polar surface area (TPSA) is 0 Å². The van der Waals surface area contributed by atoms with E-state index >= 15 is 0 Å². The molecule has 3 heteroatoms. The molecule has 0 spiro atoms. The van der Waals surface area contributed by atoms with Crippen molar-refractivity contribution in [2.75, 3.05) is 0 Å². The van der Waals surface area contributed by atoms with Crippen LogP contribution in [-0.2, 0) is 0 Å². The Morgan fingerprint density at radius 1 is 1.53 bits per heavy atom. The number of hydrogen-bond acceptors (Lipinski definition) is 0. The molecule has 82 valence electrons. The Morgan fingerprint density at radius 2 is 2.13 bits per heavy atom. The van der Waals surface area contributed by atoms with E-state index < -0.39 is 11.6 Å². The van der Waals surface area contributed by atoms with E-state index in [-0.39, 0.29) is 11.2 Å². The summed E-state index contributed by atoms with van der Waals surface area (Å²) in [5, 5.41) is -0.369. The van der Waals surface area contributed by atoms with Crippen LogP contribution in [-0.4, -0.2) is 6.17 Å². The van der Waals surface area contributed by atoms with E-state index in [0.717, 1.165) is 5.56 Å². The Labute approximate surface area is 93.2 Å². The van der Waals surface area contributed by atoms with Gasteiger partial charge in [0.15, 0.2) is 0 Å². The predicted octanol–water partition coefficient (Wildman–Crippen LogP) is 4.16. The highest BCUT2D eigenvalue weighted by Gasteiger charge is 2.56. The second-order valence-electron chi connectivity index (χ2n) is 4.55. The monoisotopic (exact) mass is 230 g/mol. The van der Waals surface area contributed by atoms with E-state index in [9.17, 15) is 8.78 Å². The van der Waals surface area contributed by atoms with Crippen molar-refractivity contribution in [1.29, 1.82) is 0 Å². The first kappa shape index (κ1) is 10.9. The average molecular weight is 231 g/mol. The Balaban J connectivity index is 2.27. The zero-order chi connectivity index (χ0) is 11.2. The molecule has 0 radical (unpaired) electrons. The van der Waals surface area contributed by atoms with Crippen molar-refractivity contribution in [3.8, 4) is 0 Å². The SMILES string of the molecule is Cc1cc(C(Cl)C2(C)CC2F)ccc1F. The van der Waals surface area contributed by atoms with E-state index in [1.165, 1.54) is 6.07 Å². The van der Waals surface area contributed by atoms with Crippen LogP contribution in [0, 0.1) is 18.2 Å². The van der Waals surface area contributed by atoms with Crippen LogP contribution in [0.2, 0.25) is 0 Å². The molecule has 2 rings (SSSR count). The molecular weight excluding hydrogens is 218 g/mol. The molecule has 0 nitrogen and oxygen atoms in total. The van der Waals surface area contributed by atoms with Crippen molar-refractivity contribution in [3.05, 3.63) is 35.1 Å². The van der Waals surface area contributed by atoms with Gasteiger partial charge in [0.25, 0.3) is 0 Å². The molecule has 1 fully saturated rings. The maximum absolute atomic E-state index is 13.1. The van der Waals surface area contributed by atoms with Gasteiger partial charge in [-0.15, -0.1) is 11.6 Å². The van der Waals surface area contributed by atoms with Gasteiger partial charge in [0.1, 0.15) is 12.0 Å². The average Bonchev–Trinajstić information content (AvgIpc) is 2.80. The van der Waals surface area contributed by atoms with Crippen molar-refractivity contribution in [2.24, 2.45) is 5.41 Å². The molecule has 0 amide bonds. The molecular formula is C12H13ClF2. The summed E-state index contributed by atoms with van der Waals surface area (Å²) in [4.78, 5) is 0. The third-order valence-corrected chi connectivity index (χ3v) is 3.98. The van der Waals surface area contributed by atoms with Crippen molar-refractivity contribution in [2.45, 2.75) is 31.8 Å². The molecule has 1 saturated carbocycles. The first-order chi connectivity index (χ1) is 6.95. The lowest BCUT2D eigenvalue weighted by atomic mass is 9.96. The van der Waals surface area contributed by atoms with Crippen molar-refractivity contribution < 1.29 is 8.78 Å². The van der Waals surface area contributed by atoms with Gasteiger partial charge < -0.3 is 0 Å². The van der Waals surface area contributed by atoms with Crippen LogP contribution in [0.3, 0.4) is 0 Å². The zero-order valence-corrected chi connectivity index (χ0v) is 9.48. The summed E-state index contributed by atoms with van der Waals surface area (Å²) in [7, 11) is 0. The highest BCUT2D eigenvalue weighted by molar-refractivity contribution is 6.21. The van der Waals surface area contributed by atoms with Gasteiger partial charge in [-0.3, -0.25) is 0 Å². The molecule has 1 aromatic rings. The molecule has 1 aromatic carbocycles. The fourth-order valence-corrected chi connectivity index (χ4v) is 2.16. The van der Waals surface area contributed by atoms with Crippen LogP contribution in [0.25, 0.3) is 0 Å². The lowest BCUT2D eigenvalue weighted by Gasteiger charge is -2.17. The Morgan fingerprint density at radius 3 is 2.60 bits per heavy atom. The van der Waals surface area contributed by atoms with Gasteiger partial charge in [-0.25, -0.2) is 8.78 Å². The summed E-state index contributed by atoms with van der Waals surface area (Å²) in [5.41, 5.74) is 0.891. The molecule has 0 N–H and O–H groups in total. The van der Waals surface area contributed by atoms with E-state index in [1.807, 2.05) is 6.92 Å². The molecule has 0 aliphatic heterocycles. The standard InChI is InChI=1S/C12H13ClF2/c1-7-5-8(3-4-9(7)14)11(13)12(2)6-10(12)15/h3-5,10-11H,6H2,1-2H3. The number of rotatable bonds is 2. The Hall–Kier alpha value is -0.630. The third kappa shape index (κ3) is 1.76. The maximum Gasteiger partial charge on any atom is 0.126 e. The van der Waals surface area contributed by atoms with Crippen molar-refractivity contribution in [1.82, 2.24) is 0 Å². The van der Waals surface area contributed by atoms with Crippen LogP contribution in [0.1, 0.15) is 29.8 Å². The van der Waals surface area contributed by atoms with Crippen LogP contribution in [0.5, 0.6) is 0 Å². The van der Waals surface area contributed by atoms with Gasteiger partial charge in [0.05, 0.1) is 5.38 Å². The second-order valence-corrected chi connectivity index (χ2v) is 4.99. The quantitative estimate of drug-likeness (QED) is 0.670. The summed E-state index contributed by atoms with van der Waals surface area (Å²) in [5.74, 6) is -0.250. The molecule has 0 aromatic heterocycles. The minimum Gasteiger partial charge on any atom is -0.247 e. The summed E-state index contributed by atoms with van der Waals surface area (Å²) >= 11 is 6.20. The summed E-state index contributed by atoms with van der Waals surface area (Å²) in [6, 6.07) is 4.72. The maximum atomic E-state index is 13.1. The first-order valence-electron chi connectivity index (χ1n) is 4.99.